The Bertz CT molecular complexity index is 1060. The van der Waals surface area contributed by atoms with Gasteiger partial charge in [-0.05, 0) is 68.7 Å². The van der Waals surface area contributed by atoms with Crippen LogP contribution in [0.15, 0.2) is 46.2 Å². The lowest BCUT2D eigenvalue weighted by Gasteiger charge is -2.30. The van der Waals surface area contributed by atoms with E-state index in [2.05, 4.69) is 11.6 Å². The van der Waals surface area contributed by atoms with Crippen LogP contribution in [-0.4, -0.2) is 51.7 Å². The van der Waals surface area contributed by atoms with Crippen LogP contribution in [0, 0.1) is 19.8 Å². The lowest BCUT2D eigenvalue weighted by Crippen LogP contribution is -2.38. The number of piperidine rings is 1. The number of thioether (sulfide) groups is 1. The highest BCUT2D eigenvalue weighted by atomic mass is 32.2. The molecule has 1 amide bonds. The molecule has 2 aromatic rings. The van der Waals surface area contributed by atoms with Crippen molar-refractivity contribution in [2.45, 2.75) is 43.4 Å². The van der Waals surface area contributed by atoms with Gasteiger partial charge < -0.3 is 9.64 Å². The fourth-order valence-electron chi connectivity index (χ4n) is 3.79. The lowest BCUT2D eigenvalue weighted by molar-refractivity contribution is 0.0693. The van der Waals surface area contributed by atoms with Gasteiger partial charge in [0.2, 0.25) is 10.0 Å². The standard InChI is InChI=1S/C24H32N2O4S2/c1-17-9-12-26(13-10-17)24(27)21-16-20(6-8-23(21)31-4)32(28,29)25-11-14-30-22-7-5-18(2)15-19(22)3/h5-8,15-17,25H,9-14H2,1-4H3. The van der Waals surface area contributed by atoms with E-state index in [-0.39, 0.29) is 24.0 Å². The first kappa shape index (κ1) is 24.6. The summed E-state index contributed by atoms with van der Waals surface area (Å²) in [5.41, 5.74) is 2.60. The summed E-state index contributed by atoms with van der Waals surface area (Å²) in [5, 5.41) is 0. The van der Waals surface area contributed by atoms with Gasteiger partial charge >= 0.3 is 0 Å². The van der Waals surface area contributed by atoms with Crippen molar-refractivity contribution in [1.82, 2.24) is 9.62 Å². The minimum absolute atomic E-state index is 0.0931. The number of hydrogen-bond donors (Lipinski definition) is 1. The third-order valence-corrected chi connectivity index (χ3v) is 8.02. The molecule has 0 bridgehead atoms. The molecule has 0 saturated carbocycles. The molecule has 174 valence electrons. The molecular weight excluding hydrogens is 444 g/mol. The SMILES string of the molecule is CSc1ccc(S(=O)(=O)NCCOc2ccc(C)cc2C)cc1C(=O)N1CCC(C)CC1. The summed E-state index contributed by atoms with van der Waals surface area (Å²) < 4.78 is 34.0. The van der Waals surface area contributed by atoms with E-state index in [9.17, 15) is 13.2 Å². The van der Waals surface area contributed by atoms with Crippen LogP contribution >= 0.6 is 11.8 Å². The summed E-state index contributed by atoms with van der Waals surface area (Å²) in [6, 6.07) is 10.6. The van der Waals surface area contributed by atoms with E-state index in [4.69, 9.17) is 4.74 Å². The molecule has 1 saturated heterocycles. The predicted octanol–water partition coefficient (Wildman–Crippen LogP) is 4.25. The maximum absolute atomic E-state index is 13.1. The number of nitrogens with one attached hydrogen (secondary N) is 1. The summed E-state index contributed by atoms with van der Waals surface area (Å²) in [4.78, 5) is 15.8. The van der Waals surface area contributed by atoms with Crippen LogP contribution in [0.5, 0.6) is 5.75 Å². The Morgan fingerprint density at radius 3 is 2.53 bits per heavy atom. The number of aryl methyl sites for hydroxylation is 2. The van der Waals surface area contributed by atoms with Crippen LogP contribution in [-0.2, 0) is 10.0 Å². The number of carbonyl (C=O) groups is 1. The second-order valence-electron chi connectivity index (χ2n) is 8.35. The van der Waals surface area contributed by atoms with Crippen molar-refractivity contribution in [3.05, 3.63) is 53.1 Å². The summed E-state index contributed by atoms with van der Waals surface area (Å²) in [5.74, 6) is 1.25. The summed E-state index contributed by atoms with van der Waals surface area (Å²) >= 11 is 1.45. The van der Waals surface area contributed by atoms with E-state index in [1.807, 2.05) is 43.2 Å². The summed E-state index contributed by atoms with van der Waals surface area (Å²) in [6.07, 6.45) is 3.84. The zero-order valence-corrected chi connectivity index (χ0v) is 20.8. The highest BCUT2D eigenvalue weighted by Gasteiger charge is 2.25. The van der Waals surface area contributed by atoms with Crippen LogP contribution in [0.2, 0.25) is 0 Å². The second kappa shape index (κ2) is 10.7. The van der Waals surface area contributed by atoms with E-state index in [1.165, 1.54) is 17.8 Å². The number of hydrogen-bond acceptors (Lipinski definition) is 5. The molecule has 0 unspecified atom stereocenters. The number of carbonyl (C=O) groups excluding carboxylic acids is 1. The molecule has 1 fully saturated rings. The van der Waals surface area contributed by atoms with Gasteiger partial charge in [0.05, 0.1) is 10.5 Å². The van der Waals surface area contributed by atoms with Gasteiger partial charge in [-0.15, -0.1) is 11.8 Å². The maximum atomic E-state index is 13.1. The molecule has 1 aliphatic heterocycles. The average Bonchev–Trinajstić information content (AvgIpc) is 2.77. The molecule has 0 aromatic heterocycles. The fraction of sp³-hybridized carbons (Fsp3) is 0.458. The topological polar surface area (TPSA) is 75.7 Å². The fourth-order valence-corrected chi connectivity index (χ4v) is 5.39. The minimum atomic E-state index is -3.76. The average molecular weight is 477 g/mol. The largest absolute Gasteiger partial charge is 0.492 e. The Morgan fingerprint density at radius 1 is 1.16 bits per heavy atom. The van der Waals surface area contributed by atoms with Gasteiger partial charge in [0.15, 0.2) is 0 Å². The highest BCUT2D eigenvalue weighted by Crippen LogP contribution is 2.27. The number of sulfonamides is 1. The molecule has 32 heavy (non-hydrogen) atoms. The molecule has 8 heteroatoms. The molecule has 0 aliphatic carbocycles. The number of likely N-dealkylation sites (tertiary alicyclic amines) is 1. The van der Waals surface area contributed by atoms with Crippen LogP contribution < -0.4 is 9.46 Å². The number of ether oxygens (including phenoxy) is 1. The van der Waals surface area contributed by atoms with Crippen LogP contribution in [0.25, 0.3) is 0 Å². The molecule has 2 aromatic carbocycles. The van der Waals surface area contributed by atoms with Crippen LogP contribution in [0.1, 0.15) is 41.3 Å². The number of amides is 1. The van der Waals surface area contributed by atoms with Gasteiger partial charge in [-0.3, -0.25) is 4.79 Å². The molecule has 1 heterocycles. The maximum Gasteiger partial charge on any atom is 0.255 e. The van der Waals surface area contributed by atoms with E-state index in [0.717, 1.165) is 34.6 Å². The van der Waals surface area contributed by atoms with Crippen molar-refractivity contribution >= 4 is 27.7 Å². The van der Waals surface area contributed by atoms with Gasteiger partial charge in [-0.2, -0.15) is 0 Å². The van der Waals surface area contributed by atoms with Gasteiger partial charge in [-0.1, -0.05) is 24.6 Å². The van der Waals surface area contributed by atoms with Crippen molar-refractivity contribution in [3.8, 4) is 5.75 Å². The molecule has 0 atom stereocenters. The summed E-state index contributed by atoms with van der Waals surface area (Å²) in [7, 11) is -3.76. The quantitative estimate of drug-likeness (QED) is 0.455. The predicted molar refractivity (Wildman–Crippen MR) is 129 cm³/mol. The Balaban J connectivity index is 1.67. The van der Waals surface area contributed by atoms with Crippen LogP contribution in [0.3, 0.4) is 0 Å². The first-order valence-corrected chi connectivity index (χ1v) is 13.6. The van der Waals surface area contributed by atoms with Crippen molar-refractivity contribution < 1.29 is 17.9 Å². The molecular formula is C24H32N2O4S2. The molecule has 0 radical (unpaired) electrons. The molecule has 6 nitrogen and oxygen atoms in total. The van der Waals surface area contributed by atoms with Gasteiger partial charge in [0.1, 0.15) is 12.4 Å². The minimum Gasteiger partial charge on any atom is -0.492 e. The first-order valence-electron chi connectivity index (χ1n) is 10.9. The Kier molecular flexibility index (Phi) is 8.25. The van der Waals surface area contributed by atoms with E-state index < -0.39 is 10.0 Å². The van der Waals surface area contributed by atoms with Crippen molar-refractivity contribution in [1.29, 1.82) is 0 Å². The number of nitrogens with zero attached hydrogens (tertiary/aromatic N) is 1. The third kappa shape index (κ3) is 6.05. The van der Waals surface area contributed by atoms with Crippen molar-refractivity contribution in [2.75, 3.05) is 32.5 Å². The van der Waals surface area contributed by atoms with Gasteiger partial charge in [0.25, 0.3) is 5.91 Å². The third-order valence-electron chi connectivity index (χ3n) is 5.76. The molecule has 1 aliphatic rings. The monoisotopic (exact) mass is 476 g/mol. The van der Waals surface area contributed by atoms with Crippen molar-refractivity contribution in [2.24, 2.45) is 5.92 Å². The van der Waals surface area contributed by atoms with Gasteiger partial charge in [0, 0.05) is 24.5 Å². The smallest absolute Gasteiger partial charge is 0.255 e. The van der Waals surface area contributed by atoms with Crippen molar-refractivity contribution in [3.63, 3.8) is 0 Å². The zero-order chi connectivity index (χ0) is 23.3. The van der Waals surface area contributed by atoms with E-state index in [1.54, 1.807) is 12.1 Å². The van der Waals surface area contributed by atoms with Gasteiger partial charge in [-0.25, -0.2) is 13.1 Å². The Labute approximate surface area is 195 Å². The van der Waals surface area contributed by atoms with E-state index in [0.29, 0.717) is 24.6 Å². The Hall–Kier alpha value is -2.03. The Morgan fingerprint density at radius 2 is 1.88 bits per heavy atom. The normalized spacial score (nSPS) is 15.1. The second-order valence-corrected chi connectivity index (χ2v) is 11.0. The highest BCUT2D eigenvalue weighted by molar-refractivity contribution is 7.98. The molecule has 0 spiro atoms. The van der Waals surface area contributed by atoms with Crippen LogP contribution in [0.4, 0.5) is 0 Å². The lowest BCUT2D eigenvalue weighted by atomic mass is 9.98. The molecule has 3 rings (SSSR count). The first-order chi connectivity index (χ1) is 15.2. The summed E-state index contributed by atoms with van der Waals surface area (Å²) in [6.45, 7) is 7.92. The zero-order valence-electron chi connectivity index (χ0n) is 19.2. The van der Waals surface area contributed by atoms with E-state index >= 15 is 0 Å². The number of benzene rings is 2. The number of rotatable bonds is 8. The molecule has 1 N–H and O–H groups in total.